The summed E-state index contributed by atoms with van der Waals surface area (Å²) in [6.07, 6.45) is 4.94. The monoisotopic (exact) mass is 346 g/mol. The number of pyridine rings is 1. The van der Waals surface area contributed by atoms with Crippen LogP contribution in [0.3, 0.4) is 0 Å². The molecule has 1 aromatic heterocycles. The Morgan fingerprint density at radius 1 is 1.36 bits per heavy atom. The highest BCUT2D eigenvalue weighted by Crippen LogP contribution is 2.39. The molecule has 1 aromatic rings. The summed E-state index contributed by atoms with van der Waals surface area (Å²) in [5, 5.41) is 0. The third-order valence-electron chi connectivity index (χ3n) is 5.30. The fourth-order valence-electron chi connectivity index (χ4n) is 3.94. The SMILES string of the molecule is COCCN1CC2(CCCN(C(=O)c3ccc(N)nc3)C2)CCC1=O. The summed E-state index contributed by atoms with van der Waals surface area (Å²) in [5.74, 6) is 0.590. The Kier molecular flexibility index (Phi) is 5.22. The molecule has 2 fully saturated rings. The molecule has 0 radical (unpaired) electrons. The molecule has 136 valence electrons. The number of anilines is 1. The van der Waals surface area contributed by atoms with Gasteiger partial charge in [0.15, 0.2) is 0 Å². The second-order valence-corrected chi connectivity index (χ2v) is 7.11. The molecule has 25 heavy (non-hydrogen) atoms. The van der Waals surface area contributed by atoms with Crippen LogP contribution in [0.15, 0.2) is 18.3 Å². The standard InChI is InChI=1S/C18H26N4O3/c1-25-10-9-21-12-18(7-5-16(21)23)6-2-8-22(13-18)17(24)14-3-4-15(19)20-11-14/h3-4,11H,2,5-10,12-13H2,1H3,(H2,19,20). The van der Waals surface area contributed by atoms with Crippen molar-refractivity contribution in [2.75, 3.05) is 45.6 Å². The van der Waals surface area contributed by atoms with Crippen molar-refractivity contribution in [1.82, 2.24) is 14.8 Å². The molecule has 1 unspecified atom stereocenters. The molecule has 1 atom stereocenters. The minimum atomic E-state index is -0.00748. The maximum atomic E-state index is 12.8. The Morgan fingerprint density at radius 2 is 2.20 bits per heavy atom. The minimum Gasteiger partial charge on any atom is -0.384 e. The van der Waals surface area contributed by atoms with Gasteiger partial charge in [-0.25, -0.2) is 4.98 Å². The van der Waals surface area contributed by atoms with Crippen molar-refractivity contribution >= 4 is 17.6 Å². The first-order chi connectivity index (χ1) is 12.0. The second-order valence-electron chi connectivity index (χ2n) is 7.11. The number of ether oxygens (including phenoxy) is 1. The average molecular weight is 346 g/mol. The molecule has 0 bridgehead atoms. The molecule has 2 N–H and O–H groups in total. The topological polar surface area (TPSA) is 88.8 Å². The van der Waals surface area contributed by atoms with E-state index in [0.717, 1.165) is 25.8 Å². The van der Waals surface area contributed by atoms with Crippen molar-refractivity contribution in [2.24, 2.45) is 5.41 Å². The maximum absolute atomic E-state index is 12.8. The summed E-state index contributed by atoms with van der Waals surface area (Å²) in [5.41, 5.74) is 6.16. The maximum Gasteiger partial charge on any atom is 0.255 e. The van der Waals surface area contributed by atoms with Crippen LogP contribution in [0.5, 0.6) is 0 Å². The number of hydrogen-bond donors (Lipinski definition) is 1. The highest BCUT2D eigenvalue weighted by Gasteiger charge is 2.42. The molecule has 2 saturated heterocycles. The number of hydrogen-bond acceptors (Lipinski definition) is 5. The van der Waals surface area contributed by atoms with E-state index >= 15 is 0 Å². The summed E-state index contributed by atoms with van der Waals surface area (Å²) in [7, 11) is 1.64. The van der Waals surface area contributed by atoms with E-state index in [9.17, 15) is 9.59 Å². The zero-order valence-electron chi connectivity index (χ0n) is 14.7. The fourth-order valence-corrected chi connectivity index (χ4v) is 3.94. The first-order valence-electron chi connectivity index (χ1n) is 8.80. The molecule has 3 heterocycles. The van der Waals surface area contributed by atoms with Gasteiger partial charge in [-0.3, -0.25) is 9.59 Å². The van der Waals surface area contributed by atoms with Gasteiger partial charge >= 0.3 is 0 Å². The van der Waals surface area contributed by atoms with Crippen LogP contribution < -0.4 is 5.73 Å². The number of carbonyl (C=O) groups excluding carboxylic acids is 2. The van der Waals surface area contributed by atoms with E-state index in [2.05, 4.69) is 4.98 Å². The lowest BCUT2D eigenvalue weighted by Gasteiger charge is -2.48. The van der Waals surface area contributed by atoms with E-state index in [4.69, 9.17) is 10.5 Å². The van der Waals surface area contributed by atoms with Gasteiger partial charge in [0.05, 0.1) is 12.2 Å². The number of rotatable bonds is 4. The number of nitrogen functional groups attached to an aromatic ring is 1. The van der Waals surface area contributed by atoms with Gasteiger partial charge in [-0.15, -0.1) is 0 Å². The van der Waals surface area contributed by atoms with E-state index in [-0.39, 0.29) is 17.2 Å². The molecule has 0 saturated carbocycles. The molecule has 2 aliphatic heterocycles. The predicted molar refractivity (Wildman–Crippen MR) is 93.9 cm³/mol. The van der Waals surface area contributed by atoms with Crippen molar-refractivity contribution in [3.63, 3.8) is 0 Å². The van der Waals surface area contributed by atoms with Gasteiger partial charge in [0, 0.05) is 51.3 Å². The van der Waals surface area contributed by atoms with Crippen LogP contribution in [0, 0.1) is 5.41 Å². The molecule has 0 aliphatic carbocycles. The van der Waals surface area contributed by atoms with E-state index < -0.39 is 0 Å². The number of likely N-dealkylation sites (tertiary alicyclic amines) is 2. The molecular weight excluding hydrogens is 320 g/mol. The third-order valence-corrected chi connectivity index (χ3v) is 5.30. The van der Waals surface area contributed by atoms with Gasteiger partial charge in [-0.05, 0) is 31.4 Å². The summed E-state index contributed by atoms with van der Waals surface area (Å²) in [6, 6.07) is 3.37. The van der Waals surface area contributed by atoms with Crippen molar-refractivity contribution < 1.29 is 14.3 Å². The van der Waals surface area contributed by atoms with Crippen molar-refractivity contribution in [3.8, 4) is 0 Å². The second kappa shape index (κ2) is 7.39. The zero-order chi connectivity index (χ0) is 17.9. The van der Waals surface area contributed by atoms with Gasteiger partial charge in [0.1, 0.15) is 5.82 Å². The number of nitrogens with zero attached hydrogens (tertiary/aromatic N) is 3. The predicted octanol–water partition coefficient (Wildman–Crippen LogP) is 1.15. The van der Waals surface area contributed by atoms with E-state index in [1.54, 1.807) is 19.2 Å². The highest BCUT2D eigenvalue weighted by atomic mass is 16.5. The van der Waals surface area contributed by atoms with Gasteiger partial charge in [0.25, 0.3) is 5.91 Å². The minimum absolute atomic E-state index is 0.00318. The number of nitrogens with two attached hydrogens (primary N) is 1. The molecule has 0 aromatic carbocycles. The summed E-state index contributed by atoms with van der Waals surface area (Å²) in [6.45, 7) is 3.30. The Bertz CT molecular complexity index is 634. The number of carbonyl (C=O) groups is 2. The highest BCUT2D eigenvalue weighted by molar-refractivity contribution is 5.94. The summed E-state index contributed by atoms with van der Waals surface area (Å²) < 4.78 is 5.12. The number of piperidine rings is 2. The van der Waals surface area contributed by atoms with Crippen molar-refractivity contribution in [3.05, 3.63) is 23.9 Å². The molecule has 2 aliphatic rings. The fraction of sp³-hybridized carbons (Fsp3) is 0.611. The summed E-state index contributed by atoms with van der Waals surface area (Å²) in [4.78, 5) is 32.8. The van der Waals surface area contributed by atoms with Crippen LogP contribution in [0.2, 0.25) is 0 Å². The lowest BCUT2D eigenvalue weighted by Crippen LogP contribution is -2.55. The number of aromatic nitrogens is 1. The zero-order valence-corrected chi connectivity index (χ0v) is 14.7. The van der Waals surface area contributed by atoms with Gasteiger partial charge in [0.2, 0.25) is 5.91 Å². The quantitative estimate of drug-likeness (QED) is 0.884. The molecule has 1 spiro atoms. The van der Waals surface area contributed by atoms with Crippen LogP contribution in [-0.2, 0) is 9.53 Å². The average Bonchev–Trinajstić information content (AvgIpc) is 2.63. The number of amides is 2. The smallest absolute Gasteiger partial charge is 0.255 e. The van der Waals surface area contributed by atoms with Crippen LogP contribution in [-0.4, -0.2) is 66.5 Å². The Hall–Kier alpha value is -2.15. The van der Waals surface area contributed by atoms with Crippen LogP contribution >= 0.6 is 0 Å². The lowest BCUT2D eigenvalue weighted by molar-refractivity contribution is -0.139. The number of methoxy groups -OCH3 is 1. The molecule has 7 heteroatoms. The Balaban J connectivity index is 1.70. The van der Waals surface area contributed by atoms with Crippen LogP contribution in [0.25, 0.3) is 0 Å². The first-order valence-corrected chi connectivity index (χ1v) is 8.80. The Morgan fingerprint density at radius 3 is 2.92 bits per heavy atom. The largest absolute Gasteiger partial charge is 0.384 e. The van der Waals surface area contributed by atoms with E-state index in [1.165, 1.54) is 6.20 Å². The third kappa shape index (κ3) is 3.92. The molecule has 2 amide bonds. The van der Waals surface area contributed by atoms with Crippen LogP contribution in [0.1, 0.15) is 36.0 Å². The lowest BCUT2D eigenvalue weighted by atomic mass is 9.73. The van der Waals surface area contributed by atoms with Gasteiger partial charge in [-0.2, -0.15) is 0 Å². The molecular formula is C18H26N4O3. The van der Waals surface area contributed by atoms with E-state index in [0.29, 0.717) is 44.0 Å². The van der Waals surface area contributed by atoms with Gasteiger partial charge < -0.3 is 20.3 Å². The Labute approximate surface area is 148 Å². The van der Waals surface area contributed by atoms with E-state index in [1.807, 2.05) is 9.80 Å². The van der Waals surface area contributed by atoms with Crippen molar-refractivity contribution in [1.29, 1.82) is 0 Å². The first kappa shape index (κ1) is 17.7. The van der Waals surface area contributed by atoms with Crippen molar-refractivity contribution in [2.45, 2.75) is 25.7 Å². The summed E-state index contributed by atoms with van der Waals surface area (Å²) >= 11 is 0. The van der Waals surface area contributed by atoms with Crippen LogP contribution in [0.4, 0.5) is 5.82 Å². The van der Waals surface area contributed by atoms with Gasteiger partial charge in [-0.1, -0.05) is 0 Å². The normalized spacial score (nSPS) is 24.0. The molecule has 3 rings (SSSR count). The molecule has 7 nitrogen and oxygen atoms in total.